The first-order valence-electron chi connectivity index (χ1n) is 23.8. The second-order valence-corrected chi connectivity index (χ2v) is 17.7. The summed E-state index contributed by atoms with van der Waals surface area (Å²) in [6.45, 7) is 1.08. The van der Waals surface area contributed by atoms with Crippen LogP contribution in [0.3, 0.4) is 0 Å². The number of fused-ring (bicyclic) bond motifs is 2. The fraction of sp³-hybridized carbons (Fsp3) is 0.357. The number of Topliss-reactive ketones (excluding diaryl/α,β-unsaturated/α-hetero) is 2. The first-order chi connectivity index (χ1) is 34.7. The topological polar surface area (TPSA) is 205 Å². The van der Waals surface area contributed by atoms with E-state index >= 15 is 0 Å². The molecular weight excluding hydrogens is 909 g/mol. The Kier molecular flexibility index (Phi) is 16.6. The number of para-hydroxylation sites is 2. The summed E-state index contributed by atoms with van der Waals surface area (Å²) in [5.74, 6) is 4.50. The van der Waals surface area contributed by atoms with Gasteiger partial charge in [-0.25, -0.2) is 0 Å². The summed E-state index contributed by atoms with van der Waals surface area (Å²) in [7, 11) is 3.21. The highest BCUT2D eigenvalue weighted by molar-refractivity contribution is 5.95. The van der Waals surface area contributed by atoms with Gasteiger partial charge in [0, 0.05) is 78.7 Å². The molecule has 6 aromatic rings. The van der Waals surface area contributed by atoms with E-state index in [9.17, 15) is 19.8 Å². The van der Waals surface area contributed by atoms with E-state index in [2.05, 4.69) is 9.97 Å². The molecule has 2 aliphatic carbocycles. The molecular formula is C56H60N2O13. The maximum atomic E-state index is 13.3. The van der Waals surface area contributed by atoms with Crippen LogP contribution in [0.1, 0.15) is 95.5 Å². The summed E-state index contributed by atoms with van der Waals surface area (Å²) in [6.07, 6.45) is 7.02. The van der Waals surface area contributed by atoms with Crippen LogP contribution in [0.15, 0.2) is 122 Å². The fourth-order valence-electron chi connectivity index (χ4n) is 8.82. The SMILES string of the molecule is COc1ccccc1C(O)c1ccc(CC(=O)C2(c3ccc4c(c3)OCO4)CC2)nc1.COc1ccccc1C(OCCCO)c1ccc(CC(=O)C2(c3ccc4c(c3)OCO4)CC2)nc1.OCCCO. The third kappa shape index (κ3) is 11.7. The van der Waals surface area contributed by atoms with Gasteiger partial charge in [0.25, 0.3) is 0 Å². The van der Waals surface area contributed by atoms with Crippen molar-refractivity contribution < 1.29 is 63.2 Å². The molecule has 2 aromatic heterocycles. The lowest BCUT2D eigenvalue weighted by Gasteiger charge is -2.21. The zero-order valence-electron chi connectivity index (χ0n) is 40.0. The highest BCUT2D eigenvalue weighted by atomic mass is 16.7. The summed E-state index contributed by atoms with van der Waals surface area (Å²) >= 11 is 0. The van der Waals surface area contributed by atoms with Gasteiger partial charge in [0.05, 0.1) is 31.7 Å². The highest BCUT2D eigenvalue weighted by Gasteiger charge is 2.52. The van der Waals surface area contributed by atoms with Gasteiger partial charge in [-0.15, -0.1) is 0 Å². The maximum Gasteiger partial charge on any atom is 0.231 e. The molecule has 2 aliphatic heterocycles. The van der Waals surface area contributed by atoms with Gasteiger partial charge in [-0.1, -0.05) is 60.7 Å². The van der Waals surface area contributed by atoms with Gasteiger partial charge in [0.1, 0.15) is 35.3 Å². The summed E-state index contributed by atoms with van der Waals surface area (Å²) in [4.78, 5) is 35.5. The van der Waals surface area contributed by atoms with Crippen molar-refractivity contribution in [2.45, 2.75) is 74.4 Å². The molecule has 372 valence electrons. The van der Waals surface area contributed by atoms with E-state index in [4.69, 9.17) is 43.4 Å². The molecule has 0 bridgehead atoms. The van der Waals surface area contributed by atoms with Crippen molar-refractivity contribution in [2.75, 3.05) is 54.2 Å². The van der Waals surface area contributed by atoms with E-state index in [1.165, 1.54) is 0 Å². The average Bonchev–Trinajstić information content (AvgIpc) is 4.31. The molecule has 0 spiro atoms. The van der Waals surface area contributed by atoms with Crippen molar-refractivity contribution in [3.8, 4) is 34.5 Å². The quantitative estimate of drug-likeness (QED) is 0.0556. The van der Waals surface area contributed by atoms with Gasteiger partial charge in [-0.3, -0.25) is 19.6 Å². The van der Waals surface area contributed by atoms with Gasteiger partial charge in [-0.2, -0.15) is 0 Å². The van der Waals surface area contributed by atoms with Crippen molar-refractivity contribution in [1.29, 1.82) is 0 Å². The lowest BCUT2D eigenvalue weighted by atomic mass is 9.88. The zero-order chi connectivity index (χ0) is 49.8. The molecule has 10 rings (SSSR count). The van der Waals surface area contributed by atoms with Crippen LogP contribution in [0.25, 0.3) is 0 Å². The molecule has 0 saturated heterocycles. The number of methoxy groups -OCH3 is 2. The van der Waals surface area contributed by atoms with Crippen molar-refractivity contribution in [3.63, 3.8) is 0 Å². The van der Waals surface area contributed by atoms with Crippen LogP contribution in [0.4, 0.5) is 0 Å². The summed E-state index contributed by atoms with van der Waals surface area (Å²) in [6, 6.07) is 34.0. The number of benzene rings is 4. The van der Waals surface area contributed by atoms with Crippen LogP contribution in [0.5, 0.6) is 34.5 Å². The minimum absolute atomic E-state index is 0.0586. The van der Waals surface area contributed by atoms with E-state index in [0.29, 0.717) is 53.5 Å². The molecule has 71 heavy (non-hydrogen) atoms. The Balaban J connectivity index is 0.000000175. The standard InChI is InChI=1S/C28H29NO6.C25H23NO5.C3H8O2/c1-32-23-6-3-2-5-22(23)27(33-14-4-13-30)19-7-9-21(29-17-19)16-26(31)28(11-12-28)20-8-10-24-25(15-20)35-18-34-24;1-29-20-5-3-2-4-19(20)24(28)16-6-8-18(26-14-16)13-23(27)25(10-11-25)17-7-9-21-22(12-17)31-15-30-21;4-2-1-3-5/h2-3,5-10,15,17,27,30H,4,11-14,16,18H2,1H3;2-9,12,14,24,28H,10-11,13,15H2,1H3;4-5H,1-3H2. The summed E-state index contributed by atoms with van der Waals surface area (Å²) in [5.41, 5.74) is 5.52. The number of hydrogen-bond donors (Lipinski definition) is 4. The van der Waals surface area contributed by atoms with Crippen molar-refractivity contribution >= 4 is 11.6 Å². The Morgan fingerprint density at radius 2 is 1.04 bits per heavy atom. The third-order valence-corrected chi connectivity index (χ3v) is 13.2. The molecule has 0 amide bonds. The van der Waals surface area contributed by atoms with Gasteiger partial charge >= 0.3 is 0 Å². The van der Waals surface area contributed by atoms with Crippen LogP contribution in [-0.4, -0.2) is 96.2 Å². The third-order valence-electron chi connectivity index (χ3n) is 13.2. The number of aromatic nitrogens is 2. The van der Waals surface area contributed by atoms with E-state index in [1.54, 1.807) is 26.6 Å². The summed E-state index contributed by atoms with van der Waals surface area (Å²) < 4.78 is 38.7. The molecule has 15 heteroatoms. The lowest BCUT2D eigenvalue weighted by Crippen LogP contribution is -2.23. The first kappa shape index (κ1) is 50.5. The van der Waals surface area contributed by atoms with Gasteiger partial charge < -0.3 is 53.6 Å². The smallest absolute Gasteiger partial charge is 0.231 e. The predicted octanol–water partition coefficient (Wildman–Crippen LogP) is 7.26. The second kappa shape index (κ2) is 23.4. The van der Waals surface area contributed by atoms with Gasteiger partial charge in [-0.05, 0) is 98.2 Å². The van der Waals surface area contributed by atoms with Gasteiger partial charge in [0.15, 0.2) is 23.0 Å². The minimum Gasteiger partial charge on any atom is -0.496 e. The van der Waals surface area contributed by atoms with Crippen LogP contribution in [0, 0.1) is 0 Å². The molecule has 2 fully saturated rings. The van der Waals surface area contributed by atoms with E-state index in [0.717, 1.165) is 70.9 Å². The Morgan fingerprint density at radius 3 is 1.49 bits per heavy atom. The van der Waals surface area contributed by atoms with Crippen molar-refractivity contribution in [2.24, 2.45) is 0 Å². The van der Waals surface area contributed by atoms with E-state index in [-0.39, 0.29) is 57.8 Å². The fourth-order valence-corrected chi connectivity index (χ4v) is 8.82. The molecule has 4 heterocycles. The lowest BCUT2D eigenvalue weighted by molar-refractivity contribution is -0.121. The van der Waals surface area contributed by atoms with Crippen LogP contribution in [0.2, 0.25) is 0 Å². The molecule has 2 saturated carbocycles. The number of rotatable bonds is 20. The first-order valence-corrected chi connectivity index (χ1v) is 23.8. The average molecular weight is 969 g/mol. The van der Waals surface area contributed by atoms with Crippen molar-refractivity contribution in [1.82, 2.24) is 9.97 Å². The molecule has 2 atom stereocenters. The minimum atomic E-state index is -0.850. The zero-order valence-corrected chi connectivity index (χ0v) is 40.0. The Hall–Kier alpha value is -6.88. The van der Waals surface area contributed by atoms with Gasteiger partial charge in [0.2, 0.25) is 13.6 Å². The van der Waals surface area contributed by atoms with Crippen LogP contribution >= 0.6 is 0 Å². The molecule has 4 aliphatic rings. The normalized spacial score (nSPS) is 15.7. The number of ether oxygens (including phenoxy) is 7. The molecule has 2 unspecified atom stereocenters. The Morgan fingerprint density at radius 1 is 0.577 bits per heavy atom. The number of aliphatic hydroxyl groups is 4. The maximum absolute atomic E-state index is 13.3. The van der Waals surface area contributed by atoms with E-state index < -0.39 is 23.0 Å². The number of pyridine rings is 2. The molecule has 0 radical (unpaired) electrons. The molecule has 4 aromatic carbocycles. The largest absolute Gasteiger partial charge is 0.496 e. The number of carbonyl (C=O) groups is 2. The Bertz CT molecular complexity index is 2740. The second-order valence-electron chi connectivity index (χ2n) is 17.7. The number of hydrogen-bond acceptors (Lipinski definition) is 15. The summed E-state index contributed by atoms with van der Waals surface area (Å²) in [5, 5.41) is 35.7. The number of carbonyl (C=O) groups excluding carboxylic acids is 2. The van der Waals surface area contributed by atoms with E-state index in [1.807, 2.05) is 109 Å². The molecule has 4 N–H and O–H groups in total. The van der Waals surface area contributed by atoms with Crippen LogP contribution in [-0.2, 0) is 38.0 Å². The number of aliphatic hydroxyl groups excluding tert-OH is 4. The number of nitrogens with zero attached hydrogens (tertiary/aromatic N) is 2. The monoisotopic (exact) mass is 968 g/mol. The predicted molar refractivity (Wildman–Crippen MR) is 261 cm³/mol. The van der Waals surface area contributed by atoms with Crippen LogP contribution < -0.4 is 28.4 Å². The highest BCUT2D eigenvalue weighted by Crippen LogP contribution is 2.53. The number of ketones is 2. The molecule has 15 nitrogen and oxygen atoms in total. The van der Waals surface area contributed by atoms with Crippen molar-refractivity contribution in [3.05, 3.63) is 166 Å². The Labute approximate surface area is 412 Å².